The van der Waals surface area contributed by atoms with Gasteiger partial charge in [0.1, 0.15) is 0 Å². The predicted octanol–water partition coefficient (Wildman–Crippen LogP) is 2.21. The van der Waals surface area contributed by atoms with E-state index in [1.165, 1.54) is 29.3 Å². The molecule has 1 aromatic carbocycles. The average Bonchev–Trinajstić information content (AvgIpc) is 3.35. The van der Waals surface area contributed by atoms with Gasteiger partial charge >= 0.3 is 5.69 Å². The number of aromatic nitrogens is 3. The minimum atomic E-state index is -0.247. The molecule has 2 heterocycles. The topological polar surface area (TPSA) is 77.0 Å². The van der Waals surface area contributed by atoms with Gasteiger partial charge in [0.25, 0.3) is 0 Å². The van der Waals surface area contributed by atoms with Crippen LogP contribution in [0.1, 0.15) is 40.7 Å². The number of H-pyrrole nitrogens is 1. The highest BCUT2D eigenvalue weighted by molar-refractivity contribution is 7.99. The minimum Gasteiger partial charge on any atom is -0.376 e. The van der Waals surface area contributed by atoms with Crippen molar-refractivity contribution in [1.29, 1.82) is 0 Å². The van der Waals surface area contributed by atoms with Crippen LogP contribution in [0.2, 0.25) is 0 Å². The zero-order chi connectivity index (χ0) is 17.2. The molecule has 4 rings (SSSR count). The summed E-state index contributed by atoms with van der Waals surface area (Å²) in [6.45, 7) is 1.24. The molecule has 1 fully saturated rings. The standard InChI is InChI=1S/C18H21N3O3S/c22-16(14-7-6-12-3-1-4-13(12)9-14)11-25-18-20-19-17(23)21(18)10-15-5-2-8-24-15/h6-7,9,15H,1-5,8,10-11H2,(H,19,23)/t15-/m0/s1. The summed E-state index contributed by atoms with van der Waals surface area (Å²) < 4.78 is 7.18. The number of carbonyl (C=O) groups is 1. The van der Waals surface area contributed by atoms with E-state index in [0.717, 1.165) is 37.9 Å². The van der Waals surface area contributed by atoms with E-state index < -0.39 is 0 Å². The van der Waals surface area contributed by atoms with Crippen LogP contribution < -0.4 is 5.69 Å². The Balaban J connectivity index is 1.42. The molecule has 2 aromatic rings. The summed E-state index contributed by atoms with van der Waals surface area (Å²) in [5, 5.41) is 7.09. The molecular formula is C18H21N3O3S. The van der Waals surface area contributed by atoms with Crippen LogP contribution in [0.5, 0.6) is 0 Å². The first-order chi connectivity index (χ1) is 12.2. The highest BCUT2D eigenvalue weighted by Crippen LogP contribution is 2.24. The molecule has 1 N–H and O–H groups in total. The van der Waals surface area contributed by atoms with E-state index in [1.54, 1.807) is 4.57 Å². The Hall–Kier alpha value is -1.86. The third-order valence-electron chi connectivity index (χ3n) is 4.89. The summed E-state index contributed by atoms with van der Waals surface area (Å²) in [5.74, 6) is 0.341. The van der Waals surface area contributed by atoms with E-state index in [4.69, 9.17) is 4.74 Å². The Labute approximate surface area is 150 Å². The molecule has 0 bridgehead atoms. The maximum absolute atomic E-state index is 12.5. The van der Waals surface area contributed by atoms with E-state index in [9.17, 15) is 9.59 Å². The average molecular weight is 359 g/mol. The van der Waals surface area contributed by atoms with E-state index in [0.29, 0.717) is 11.7 Å². The first kappa shape index (κ1) is 16.6. The third kappa shape index (κ3) is 3.57. The molecule has 1 aromatic heterocycles. The van der Waals surface area contributed by atoms with Crippen molar-refractivity contribution in [2.24, 2.45) is 0 Å². The number of Topliss-reactive ketones (excluding diaryl/α,β-unsaturated/α-hetero) is 1. The molecule has 1 saturated heterocycles. The predicted molar refractivity (Wildman–Crippen MR) is 95.3 cm³/mol. The molecule has 132 valence electrons. The van der Waals surface area contributed by atoms with Gasteiger partial charge in [-0.05, 0) is 49.3 Å². The van der Waals surface area contributed by atoms with Crippen LogP contribution in [0.4, 0.5) is 0 Å². The maximum atomic E-state index is 12.5. The minimum absolute atomic E-state index is 0.0575. The fourth-order valence-electron chi connectivity index (χ4n) is 3.53. The zero-order valence-electron chi connectivity index (χ0n) is 14.0. The summed E-state index contributed by atoms with van der Waals surface area (Å²) in [4.78, 5) is 24.5. The molecule has 1 aliphatic heterocycles. The van der Waals surface area contributed by atoms with Crippen LogP contribution in [-0.4, -0.2) is 39.0 Å². The fourth-order valence-corrected chi connectivity index (χ4v) is 4.38. The lowest BCUT2D eigenvalue weighted by Gasteiger charge is -2.11. The molecule has 0 spiro atoms. The second-order valence-corrected chi connectivity index (χ2v) is 7.55. The van der Waals surface area contributed by atoms with Crippen LogP contribution in [0, 0.1) is 0 Å². The number of benzene rings is 1. The lowest BCUT2D eigenvalue weighted by atomic mass is 10.0. The molecule has 2 aliphatic rings. The summed E-state index contributed by atoms with van der Waals surface area (Å²) in [6.07, 6.45) is 5.38. The Morgan fingerprint density at radius 1 is 1.32 bits per heavy atom. The third-order valence-corrected chi connectivity index (χ3v) is 5.86. The Kier molecular flexibility index (Phi) is 4.76. The number of aromatic amines is 1. The van der Waals surface area contributed by atoms with Crippen LogP contribution in [0.25, 0.3) is 0 Å². The highest BCUT2D eigenvalue weighted by atomic mass is 32.2. The fraction of sp³-hybridized carbons (Fsp3) is 0.500. The van der Waals surface area contributed by atoms with Crippen molar-refractivity contribution >= 4 is 17.5 Å². The van der Waals surface area contributed by atoms with E-state index >= 15 is 0 Å². The quantitative estimate of drug-likeness (QED) is 0.632. The van der Waals surface area contributed by atoms with Crippen LogP contribution in [0.3, 0.4) is 0 Å². The summed E-state index contributed by atoms with van der Waals surface area (Å²) in [5.41, 5.74) is 3.16. The number of nitrogens with zero attached hydrogens (tertiary/aromatic N) is 2. The van der Waals surface area contributed by atoms with Crippen LogP contribution in [0.15, 0.2) is 28.2 Å². The van der Waals surface area contributed by atoms with Crippen molar-refractivity contribution in [3.8, 4) is 0 Å². The Morgan fingerprint density at radius 2 is 2.20 bits per heavy atom. The van der Waals surface area contributed by atoms with Gasteiger partial charge in [0.2, 0.25) is 0 Å². The normalized spacial score (nSPS) is 19.3. The van der Waals surface area contributed by atoms with E-state index in [-0.39, 0.29) is 23.3 Å². The SMILES string of the molecule is O=C(CSc1n[nH]c(=O)n1C[C@@H]1CCCO1)c1ccc2c(c1)CCC2. The van der Waals surface area contributed by atoms with Gasteiger partial charge in [0.05, 0.1) is 18.4 Å². The number of ketones is 1. The van der Waals surface area contributed by atoms with Gasteiger partial charge in [-0.3, -0.25) is 9.36 Å². The largest absolute Gasteiger partial charge is 0.376 e. The number of hydrogen-bond acceptors (Lipinski definition) is 5. The number of nitrogens with one attached hydrogen (secondary N) is 1. The maximum Gasteiger partial charge on any atom is 0.344 e. The molecule has 6 nitrogen and oxygen atoms in total. The van der Waals surface area contributed by atoms with Crippen molar-refractivity contribution in [1.82, 2.24) is 14.8 Å². The van der Waals surface area contributed by atoms with Crippen molar-refractivity contribution in [3.63, 3.8) is 0 Å². The Bertz CT molecular complexity index is 836. The summed E-state index contributed by atoms with van der Waals surface area (Å²) >= 11 is 1.30. The van der Waals surface area contributed by atoms with Gasteiger partial charge in [0, 0.05) is 12.2 Å². The first-order valence-corrected chi connectivity index (χ1v) is 9.74. The molecule has 1 aliphatic carbocycles. The smallest absolute Gasteiger partial charge is 0.344 e. The van der Waals surface area contributed by atoms with Gasteiger partial charge in [-0.1, -0.05) is 23.9 Å². The van der Waals surface area contributed by atoms with Gasteiger partial charge in [0.15, 0.2) is 10.9 Å². The zero-order valence-corrected chi connectivity index (χ0v) is 14.8. The van der Waals surface area contributed by atoms with Crippen molar-refractivity contribution in [2.45, 2.75) is 49.9 Å². The van der Waals surface area contributed by atoms with E-state index in [1.807, 2.05) is 12.1 Å². The van der Waals surface area contributed by atoms with Gasteiger partial charge in [-0.2, -0.15) is 0 Å². The summed E-state index contributed by atoms with van der Waals surface area (Å²) in [7, 11) is 0. The summed E-state index contributed by atoms with van der Waals surface area (Å²) in [6, 6.07) is 6.01. The van der Waals surface area contributed by atoms with Crippen molar-refractivity contribution in [3.05, 3.63) is 45.4 Å². The van der Waals surface area contributed by atoms with Crippen molar-refractivity contribution < 1.29 is 9.53 Å². The van der Waals surface area contributed by atoms with Crippen molar-refractivity contribution in [2.75, 3.05) is 12.4 Å². The number of thioether (sulfide) groups is 1. The number of fused-ring (bicyclic) bond motifs is 1. The first-order valence-electron chi connectivity index (χ1n) is 8.75. The molecule has 0 saturated carbocycles. The number of aryl methyl sites for hydroxylation is 2. The second kappa shape index (κ2) is 7.17. The van der Waals surface area contributed by atoms with Gasteiger partial charge < -0.3 is 4.74 Å². The molecule has 1 atom stereocenters. The lowest BCUT2D eigenvalue weighted by molar-refractivity contribution is 0.0941. The molecule has 0 radical (unpaired) electrons. The molecule has 0 amide bonds. The molecule has 7 heteroatoms. The molecule has 25 heavy (non-hydrogen) atoms. The van der Waals surface area contributed by atoms with Gasteiger partial charge in [-0.25, -0.2) is 9.89 Å². The molecular weight excluding hydrogens is 338 g/mol. The molecule has 0 unspecified atom stereocenters. The van der Waals surface area contributed by atoms with Crippen LogP contribution in [-0.2, 0) is 24.1 Å². The van der Waals surface area contributed by atoms with Crippen LogP contribution >= 0.6 is 11.8 Å². The second-order valence-electron chi connectivity index (χ2n) is 6.61. The monoisotopic (exact) mass is 359 g/mol. The number of rotatable bonds is 6. The number of carbonyl (C=O) groups excluding carboxylic acids is 1. The Morgan fingerprint density at radius 3 is 3.04 bits per heavy atom. The number of hydrogen-bond donors (Lipinski definition) is 1. The lowest BCUT2D eigenvalue weighted by Crippen LogP contribution is -2.25. The number of ether oxygens (including phenoxy) is 1. The highest BCUT2D eigenvalue weighted by Gasteiger charge is 2.20. The van der Waals surface area contributed by atoms with Gasteiger partial charge in [-0.15, -0.1) is 5.10 Å². The van der Waals surface area contributed by atoms with E-state index in [2.05, 4.69) is 16.3 Å².